The van der Waals surface area contributed by atoms with Crippen molar-refractivity contribution in [3.63, 3.8) is 0 Å². The molecule has 4 N–H and O–H groups in total. The number of aromatic amines is 1. The van der Waals surface area contributed by atoms with Crippen LogP contribution in [-0.2, 0) is 6.42 Å². The molecule has 6 nitrogen and oxygen atoms in total. The first-order valence-electron chi connectivity index (χ1n) is 7.45. The van der Waals surface area contributed by atoms with Crippen LogP contribution in [0.4, 0.5) is 5.82 Å². The van der Waals surface area contributed by atoms with Crippen molar-refractivity contribution in [3.8, 4) is 11.4 Å². The van der Waals surface area contributed by atoms with E-state index in [1.807, 2.05) is 6.08 Å². The minimum Gasteiger partial charge on any atom is -0.508 e. The first-order chi connectivity index (χ1) is 11.0. The van der Waals surface area contributed by atoms with Gasteiger partial charge in [0.15, 0.2) is 0 Å². The summed E-state index contributed by atoms with van der Waals surface area (Å²) in [5.41, 5.74) is 9.10. The Balaban J connectivity index is 2.03. The number of benzene rings is 1. The molecule has 1 aromatic carbocycles. The van der Waals surface area contributed by atoms with Gasteiger partial charge >= 0.3 is 0 Å². The van der Waals surface area contributed by atoms with Gasteiger partial charge in [0.25, 0.3) is 5.56 Å². The van der Waals surface area contributed by atoms with Gasteiger partial charge in [0.05, 0.1) is 5.69 Å². The van der Waals surface area contributed by atoms with E-state index in [1.165, 1.54) is 0 Å². The number of hydrogen-bond donors (Lipinski definition) is 3. The van der Waals surface area contributed by atoms with Crippen LogP contribution in [0, 0.1) is 5.92 Å². The van der Waals surface area contributed by atoms with E-state index in [2.05, 4.69) is 23.1 Å². The number of nitrogens with two attached hydrogens (primary N) is 1. The highest BCUT2D eigenvalue weighted by molar-refractivity contribution is 5.93. The maximum absolute atomic E-state index is 12.4. The molecule has 2 aromatic heterocycles. The molecule has 0 saturated carbocycles. The van der Waals surface area contributed by atoms with Gasteiger partial charge in [-0.3, -0.25) is 4.79 Å². The molecule has 0 aliphatic heterocycles. The zero-order valence-electron chi connectivity index (χ0n) is 12.6. The van der Waals surface area contributed by atoms with Crippen molar-refractivity contribution in [2.75, 3.05) is 5.73 Å². The van der Waals surface area contributed by atoms with Gasteiger partial charge in [-0.15, -0.1) is 0 Å². The summed E-state index contributed by atoms with van der Waals surface area (Å²) in [6, 6.07) is 6.54. The second kappa shape index (κ2) is 4.74. The molecule has 4 rings (SSSR count). The van der Waals surface area contributed by atoms with Crippen LogP contribution >= 0.6 is 0 Å². The minimum atomic E-state index is -0.236. The average Bonchev–Trinajstić information content (AvgIpc) is 2.88. The summed E-state index contributed by atoms with van der Waals surface area (Å²) in [5.74, 6) is 0.854. The Bertz CT molecular complexity index is 996. The maximum atomic E-state index is 12.4. The summed E-state index contributed by atoms with van der Waals surface area (Å²) >= 11 is 0. The van der Waals surface area contributed by atoms with Crippen molar-refractivity contribution >= 4 is 22.8 Å². The largest absolute Gasteiger partial charge is 0.508 e. The molecule has 1 aliphatic rings. The highest BCUT2D eigenvalue weighted by Gasteiger charge is 2.21. The molecule has 6 heteroatoms. The summed E-state index contributed by atoms with van der Waals surface area (Å²) in [4.78, 5) is 15.3. The fourth-order valence-electron chi connectivity index (χ4n) is 3.04. The first kappa shape index (κ1) is 13.6. The van der Waals surface area contributed by atoms with E-state index in [4.69, 9.17) is 5.73 Å². The first-order valence-corrected chi connectivity index (χ1v) is 7.45. The number of rotatable bonds is 1. The number of aromatic nitrogens is 3. The third-order valence-corrected chi connectivity index (χ3v) is 4.22. The molecule has 0 fully saturated rings. The van der Waals surface area contributed by atoms with E-state index in [0.717, 1.165) is 17.7 Å². The molecule has 1 atom stereocenters. The predicted molar refractivity (Wildman–Crippen MR) is 89.7 cm³/mol. The minimum absolute atomic E-state index is 0.165. The van der Waals surface area contributed by atoms with E-state index in [1.54, 1.807) is 28.9 Å². The van der Waals surface area contributed by atoms with Crippen LogP contribution in [0.3, 0.4) is 0 Å². The molecular formula is C17H16N4O2. The number of fused-ring (bicyclic) bond motifs is 3. The fourth-order valence-corrected chi connectivity index (χ4v) is 3.04. The number of phenolic OH excluding ortho intramolecular Hbond substituents is 1. The van der Waals surface area contributed by atoms with Gasteiger partial charge in [-0.05, 0) is 42.7 Å². The number of aromatic hydroxyl groups is 1. The standard InChI is InChI=1S/C17H16N4O2/c1-9-2-7-13-12(8-9)15-14(17(23)19-13)16(18)21(20-15)10-3-5-11(22)6-4-10/h2-7,9,22H,8,18H2,1H3,(H,19,23). The van der Waals surface area contributed by atoms with Crippen molar-refractivity contribution in [1.82, 2.24) is 14.8 Å². The predicted octanol–water partition coefficient (Wildman–Crippen LogP) is 2.21. The average molecular weight is 308 g/mol. The molecule has 2 heterocycles. The summed E-state index contributed by atoms with van der Waals surface area (Å²) in [6.45, 7) is 2.12. The topological polar surface area (TPSA) is 96.9 Å². The molecule has 3 aromatic rings. The van der Waals surface area contributed by atoms with Gasteiger partial charge < -0.3 is 15.8 Å². The Labute approximate surface area is 131 Å². The molecule has 0 bridgehead atoms. The third kappa shape index (κ3) is 2.03. The van der Waals surface area contributed by atoms with Crippen LogP contribution in [0.5, 0.6) is 5.75 Å². The molecule has 0 spiro atoms. The van der Waals surface area contributed by atoms with Crippen molar-refractivity contribution in [1.29, 1.82) is 0 Å². The molecule has 0 radical (unpaired) electrons. The van der Waals surface area contributed by atoms with Gasteiger partial charge in [0.1, 0.15) is 22.5 Å². The highest BCUT2D eigenvalue weighted by atomic mass is 16.3. The summed E-state index contributed by atoms with van der Waals surface area (Å²) in [7, 11) is 0. The van der Waals surface area contributed by atoms with Crippen molar-refractivity contribution < 1.29 is 5.11 Å². The van der Waals surface area contributed by atoms with Crippen LogP contribution in [0.25, 0.3) is 22.7 Å². The SMILES string of the molecule is CC1C=Cc2[nH]c(=O)c3c(N)n(-c4ccc(O)cc4)nc3c2C1. The number of phenols is 1. The van der Waals surface area contributed by atoms with E-state index in [0.29, 0.717) is 28.3 Å². The van der Waals surface area contributed by atoms with Gasteiger partial charge in [-0.1, -0.05) is 13.0 Å². The normalized spacial score (nSPS) is 16.7. The zero-order valence-corrected chi connectivity index (χ0v) is 12.6. The van der Waals surface area contributed by atoms with Crippen LogP contribution in [-0.4, -0.2) is 19.9 Å². The lowest BCUT2D eigenvalue weighted by Gasteiger charge is -2.15. The van der Waals surface area contributed by atoms with Gasteiger partial charge in [-0.25, -0.2) is 4.68 Å². The number of hydrogen-bond acceptors (Lipinski definition) is 4. The molecular weight excluding hydrogens is 292 g/mol. The third-order valence-electron chi connectivity index (χ3n) is 4.22. The smallest absolute Gasteiger partial charge is 0.261 e. The summed E-state index contributed by atoms with van der Waals surface area (Å²) < 4.78 is 1.54. The summed E-state index contributed by atoms with van der Waals surface area (Å²) in [6.07, 6.45) is 4.82. The van der Waals surface area contributed by atoms with E-state index < -0.39 is 0 Å². The van der Waals surface area contributed by atoms with Gasteiger partial charge in [0, 0.05) is 11.3 Å². The van der Waals surface area contributed by atoms with E-state index in [9.17, 15) is 9.90 Å². The van der Waals surface area contributed by atoms with E-state index in [-0.39, 0.29) is 11.3 Å². The second-order valence-corrected chi connectivity index (χ2v) is 5.92. The Morgan fingerprint density at radius 2 is 2.09 bits per heavy atom. The molecule has 0 amide bonds. The number of nitrogens with one attached hydrogen (secondary N) is 1. The number of nitrogen functional groups attached to an aromatic ring is 1. The Morgan fingerprint density at radius 1 is 1.35 bits per heavy atom. The van der Waals surface area contributed by atoms with Crippen LogP contribution in [0.1, 0.15) is 18.2 Å². The quantitative estimate of drug-likeness (QED) is 0.642. The van der Waals surface area contributed by atoms with Crippen molar-refractivity contribution in [2.24, 2.45) is 5.92 Å². The van der Waals surface area contributed by atoms with Crippen LogP contribution < -0.4 is 11.3 Å². The lowest BCUT2D eigenvalue weighted by molar-refractivity contribution is 0.475. The monoisotopic (exact) mass is 308 g/mol. The number of H-pyrrole nitrogens is 1. The molecule has 116 valence electrons. The Morgan fingerprint density at radius 3 is 2.83 bits per heavy atom. The maximum Gasteiger partial charge on any atom is 0.261 e. The van der Waals surface area contributed by atoms with Crippen molar-refractivity contribution in [2.45, 2.75) is 13.3 Å². The summed E-state index contributed by atoms with van der Waals surface area (Å²) in [5, 5.41) is 14.4. The van der Waals surface area contributed by atoms with Crippen LogP contribution in [0.15, 0.2) is 35.1 Å². The molecule has 23 heavy (non-hydrogen) atoms. The molecule has 0 saturated heterocycles. The highest BCUT2D eigenvalue weighted by Crippen LogP contribution is 2.30. The van der Waals surface area contributed by atoms with Gasteiger partial charge in [0.2, 0.25) is 0 Å². The molecule has 1 aliphatic carbocycles. The lowest BCUT2D eigenvalue weighted by atomic mass is 9.93. The zero-order chi connectivity index (χ0) is 16.1. The number of pyridine rings is 1. The number of anilines is 1. The Kier molecular flexibility index (Phi) is 2.81. The van der Waals surface area contributed by atoms with Crippen molar-refractivity contribution in [3.05, 3.63) is 52.0 Å². The Hall–Kier alpha value is -3.02. The van der Waals surface area contributed by atoms with E-state index >= 15 is 0 Å². The molecule has 1 unspecified atom stereocenters. The fraction of sp³-hybridized carbons (Fsp3) is 0.176. The lowest BCUT2D eigenvalue weighted by Crippen LogP contribution is -2.15. The number of allylic oxidation sites excluding steroid dienone is 1. The number of nitrogens with zero attached hydrogens (tertiary/aromatic N) is 2. The van der Waals surface area contributed by atoms with Gasteiger partial charge in [-0.2, -0.15) is 5.10 Å². The van der Waals surface area contributed by atoms with Crippen LogP contribution in [0.2, 0.25) is 0 Å². The second-order valence-electron chi connectivity index (χ2n) is 5.92.